The van der Waals surface area contributed by atoms with Crippen LogP contribution in [0.2, 0.25) is 0 Å². The van der Waals surface area contributed by atoms with Gasteiger partial charge in [0.05, 0.1) is 12.1 Å². The minimum atomic E-state index is 0.214. The van der Waals surface area contributed by atoms with Gasteiger partial charge in [0.2, 0.25) is 0 Å². The first-order valence-corrected chi connectivity index (χ1v) is 7.63. The molecule has 1 atom stereocenters. The van der Waals surface area contributed by atoms with Crippen LogP contribution in [0.4, 0.5) is 3.89 Å². The number of aromatic nitrogens is 3. The van der Waals surface area contributed by atoms with E-state index in [1.807, 2.05) is 23.7 Å². The molecule has 2 aromatic rings. The molecule has 1 aliphatic carbocycles. The Morgan fingerprint density at radius 1 is 1.40 bits per heavy atom. The van der Waals surface area contributed by atoms with Crippen LogP contribution in [0.25, 0.3) is 0 Å². The monoisotopic (exact) mass is 291 g/mol. The van der Waals surface area contributed by atoms with E-state index in [0.29, 0.717) is 23.0 Å². The van der Waals surface area contributed by atoms with Crippen molar-refractivity contribution in [2.24, 2.45) is 18.9 Å². The first-order chi connectivity index (χ1) is 9.69. The minimum Gasteiger partial charge on any atom is -0.320 e. The van der Waals surface area contributed by atoms with Crippen LogP contribution in [-0.4, -0.2) is 14.8 Å². The molecule has 1 heterocycles. The summed E-state index contributed by atoms with van der Waals surface area (Å²) in [4.78, 5) is 0.655. The second-order valence-electron chi connectivity index (χ2n) is 5.76. The molecule has 1 saturated carbocycles. The zero-order chi connectivity index (χ0) is 14.1. The van der Waals surface area contributed by atoms with E-state index in [2.05, 4.69) is 23.2 Å². The van der Waals surface area contributed by atoms with Crippen LogP contribution in [0.3, 0.4) is 0 Å². The summed E-state index contributed by atoms with van der Waals surface area (Å²) in [5.74, 6) is 2.54. The van der Waals surface area contributed by atoms with Gasteiger partial charge in [0.25, 0.3) is 0 Å². The maximum atomic E-state index is 12.8. The van der Waals surface area contributed by atoms with Crippen molar-refractivity contribution in [3.63, 3.8) is 0 Å². The highest BCUT2D eigenvalue weighted by atomic mass is 32.2. The summed E-state index contributed by atoms with van der Waals surface area (Å²) in [5.41, 5.74) is 1.14. The van der Waals surface area contributed by atoms with E-state index in [9.17, 15) is 3.89 Å². The number of benzene rings is 1. The molecule has 0 spiro atoms. The molecule has 0 aliphatic heterocycles. The first kappa shape index (κ1) is 13.6. The lowest BCUT2D eigenvalue weighted by Gasteiger charge is -2.38. The summed E-state index contributed by atoms with van der Waals surface area (Å²) < 4.78 is 14.8. The van der Waals surface area contributed by atoms with Gasteiger partial charge in [-0.2, -0.15) is 3.89 Å². The first-order valence-electron chi connectivity index (χ1n) is 6.91. The molecule has 0 bridgehead atoms. The molecule has 1 aromatic heterocycles. The third kappa shape index (κ3) is 2.46. The predicted molar refractivity (Wildman–Crippen MR) is 78.1 cm³/mol. The van der Waals surface area contributed by atoms with E-state index in [0.717, 1.165) is 17.3 Å². The SMILES string of the molecule is CC1CC(C(c2cccc(SF)c2)c2nncn2C)C1. The van der Waals surface area contributed by atoms with Gasteiger partial charge >= 0.3 is 0 Å². The quantitative estimate of drug-likeness (QED) is 0.854. The number of nitrogens with zero attached hydrogens (tertiary/aromatic N) is 3. The van der Waals surface area contributed by atoms with Crippen molar-refractivity contribution in [1.82, 2.24) is 14.8 Å². The average Bonchev–Trinajstić information content (AvgIpc) is 2.84. The fourth-order valence-electron chi connectivity index (χ4n) is 3.20. The van der Waals surface area contributed by atoms with E-state index < -0.39 is 0 Å². The van der Waals surface area contributed by atoms with Crippen molar-refractivity contribution in [2.45, 2.75) is 30.6 Å². The number of hydrogen-bond acceptors (Lipinski definition) is 3. The molecule has 0 N–H and O–H groups in total. The smallest absolute Gasteiger partial charge is 0.140 e. The van der Waals surface area contributed by atoms with Crippen molar-refractivity contribution in [3.8, 4) is 0 Å². The van der Waals surface area contributed by atoms with Crippen molar-refractivity contribution in [1.29, 1.82) is 0 Å². The fraction of sp³-hybridized carbons (Fsp3) is 0.467. The van der Waals surface area contributed by atoms with Crippen molar-refractivity contribution < 1.29 is 3.89 Å². The number of halogens is 1. The lowest BCUT2D eigenvalue weighted by Crippen LogP contribution is -2.29. The number of rotatable bonds is 4. The lowest BCUT2D eigenvalue weighted by atomic mass is 9.67. The molecule has 1 aromatic carbocycles. The maximum Gasteiger partial charge on any atom is 0.140 e. The molecule has 0 radical (unpaired) electrons. The van der Waals surface area contributed by atoms with Crippen LogP contribution in [0, 0.1) is 11.8 Å². The van der Waals surface area contributed by atoms with Gasteiger partial charge < -0.3 is 4.57 Å². The Labute approximate surface area is 122 Å². The third-order valence-corrected chi connectivity index (χ3v) is 4.64. The van der Waals surface area contributed by atoms with Gasteiger partial charge in [-0.1, -0.05) is 19.1 Å². The van der Waals surface area contributed by atoms with E-state index >= 15 is 0 Å². The van der Waals surface area contributed by atoms with Crippen molar-refractivity contribution in [3.05, 3.63) is 42.0 Å². The summed E-state index contributed by atoms with van der Waals surface area (Å²) >= 11 is 0.297. The van der Waals surface area contributed by atoms with E-state index in [1.54, 1.807) is 12.4 Å². The molecule has 1 unspecified atom stereocenters. The molecule has 5 heteroatoms. The average molecular weight is 291 g/mol. The molecular weight excluding hydrogens is 273 g/mol. The Kier molecular flexibility index (Phi) is 3.78. The Morgan fingerprint density at radius 2 is 2.20 bits per heavy atom. The Morgan fingerprint density at radius 3 is 2.80 bits per heavy atom. The molecule has 1 aliphatic rings. The molecule has 106 valence electrons. The summed E-state index contributed by atoms with van der Waals surface area (Å²) in [5, 5.41) is 8.29. The number of aryl methyl sites for hydroxylation is 1. The zero-order valence-electron chi connectivity index (χ0n) is 11.7. The Balaban J connectivity index is 1.99. The maximum absolute atomic E-state index is 12.8. The van der Waals surface area contributed by atoms with Gasteiger partial charge in [0.1, 0.15) is 12.2 Å². The summed E-state index contributed by atoms with van der Waals surface area (Å²) in [6, 6.07) is 7.73. The standard InChI is InChI=1S/C15H18FN3S/c1-10-6-12(7-10)14(15-18-17-9-19(15)2)11-4-3-5-13(8-11)20-16/h3-5,8-10,12,14H,6-7H2,1-2H3. The van der Waals surface area contributed by atoms with Gasteiger partial charge in [-0.25, -0.2) is 0 Å². The molecule has 3 rings (SSSR count). The van der Waals surface area contributed by atoms with Crippen LogP contribution in [-0.2, 0) is 7.05 Å². The van der Waals surface area contributed by atoms with E-state index in [4.69, 9.17) is 0 Å². The molecule has 0 amide bonds. The van der Waals surface area contributed by atoms with Crippen LogP contribution in [0.15, 0.2) is 35.5 Å². The van der Waals surface area contributed by atoms with E-state index in [1.165, 1.54) is 12.8 Å². The van der Waals surface area contributed by atoms with Gasteiger partial charge in [0.15, 0.2) is 0 Å². The Bertz CT molecular complexity index is 592. The summed E-state index contributed by atoms with van der Waals surface area (Å²) in [7, 11) is 1.97. The zero-order valence-corrected chi connectivity index (χ0v) is 12.5. The van der Waals surface area contributed by atoms with Gasteiger partial charge in [-0.3, -0.25) is 0 Å². The molecule has 1 fully saturated rings. The van der Waals surface area contributed by atoms with Crippen LogP contribution < -0.4 is 0 Å². The Hall–Kier alpha value is -1.36. The van der Waals surface area contributed by atoms with Crippen molar-refractivity contribution in [2.75, 3.05) is 0 Å². The second kappa shape index (κ2) is 5.56. The fourth-order valence-corrected chi connectivity index (χ4v) is 3.51. The summed E-state index contributed by atoms with van der Waals surface area (Å²) in [6.07, 6.45) is 4.13. The molecule has 0 saturated heterocycles. The predicted octanol–water partition coefficient (Wildman–Crippen LogP) is 3.97. The van der Waals surface area contributed by atoms with E-state index in [-0.39, 0.29) is 5.92 Å². The topological polar surface area (TPSA) is 30.7 Å². The third-order valence-electron chi connectivity index (χ3n) is 4.21. The number of hydrogen-bond donors (Lipinski definition) is 0. The molecule has 3 nitrogen and oxygen atoms in total. The minimum absolute atomic E-state index is 0.214. The van der Waals surface area contributed by atoms with Gasteiger partial charge in [-0.05, 0) is 42.4 Å². The highest BCUT2D eigenvalue weighted by molar-refractivity contribution is 7.94. The normalized spacial score (nSPS) is 23.4. The van der Waals surface area contributed by atoms with Gasteiger partial charge in [-0.15, -0.1) is 10.2 Å². The second-order valence-corrected chi connectivity index (χ2v) is 6.39. The van der Waals surface area contributed by atoms with Crippen molar-refractivity contribution >= 4 is 12.1 Å². The lowest BCUT2D eigenvalue weighted by molar-refractivity contribution is 0.185. The molecule has 20 heavy (non-hydrogen) atoms. The van der Waals surface area contributed by atoms with Crippen LogP contribution >= 0.6 is 12.1 Å². The molecular formula is C15H18FN3S. The highest BCUT2D eigenvalue weighted by Crippen LogP contribution is 2.46. The largest absolute Gasteiger partial charge is 0.320 e. The summed E-state index contributed by atoms with van der Waals surface area (Å²) in [6.45, 7) is 2.28. The van der Waals surface area contributed by atoms with Crippen LogP contribution in [0.5, 0.6) is 0 Å². The van der Waals surface area contributed by atoms with Crippen LogP contribution in [0.1, 0.15) is 37.1 Å². The van der Waals surface area contributed by atoms with Gasteiger partial charge in [0, 0.05) is 17.9 Å². The highest BCUT2D eigenvalue weighted by Gasteiger charge is 2.36.